The molecule has 0 unspecified atom stereocenters. The third-order valence-electron chi connectivity index (χ3n) is 3.01. The second-order valence-electron chi connectivity index (χ2n) is 4.11. The van der Waals surface area contributed by atoms with E-state index >= 15 is 0 Å². The van der Waals surface area contributed by atoms with E-state index in [0.717, 1.165) is 17.7 Å². The molecule has 0 aliphatic carbocycles. The first kappa shape index (κ1) is 12.8. The molecule has 1 heterocycles. The zero-order chi connectivity index (χ0) is 13.8. The monoisotopic (exact) mass is 251 g/mol. The summed E-state index contributed by atoms with van der Waals surface area (Å²) in [6, 6.07) is 11.4. The molecule has 0 amide bonds. The highest BCUT2D eigenvalue weighted by Gasteiger charge is 2.16. The zero-order valence-corrected chi connectivity index (χ0v) is 10.5. The normalized spacial score (nSPS) is 11.6. The molecule has 0 spiro atoms. The van der Waals surface area contributed by atoms with Gasteiger partial charge in [-0.15, -0.1) is 0 Å². The van der Waals surface area contributed by atoms with Crippen molar-refractivity contribution in [3.63, 3.8) is 0 Å². The third kappa shape index (κ3) is 2.20. The summed E-state index contributed by atoms with van der Waals surface area (Å²) in [5, 5.41) is 18.1. The Morgan fingerprint density at radius 2 is 2.05 bits per heavy atom. The van der Waals surface area contributed by atoms with E-state index in [9.17, 15) is 5.26 Å². The predicted octanol–water partition coefficient (Wildman–Crippen LogP) is 2.03. The maximum atomic E-state index is 9.17. The fourth-order valence-electron chi connectivity index (χ4n) is 1.96. The van der Waals surface area contributed by atoms with Crippen molar-refractivity contribution in [2.75, 3.05) is 0 Å². The Hall–Kier alpha value is -2.63. The van der Waals surface area contributed by atoms with E-state index < -0.39 is 0 Å². The van der Waals surface area contributed by atoms with Gasteiger partial charge in [0.05, 0.1) is 5.69 Å². The molecule has 0 bridgehead atoms. The molecule has 0 saturated carbocycles. The number of aromatic nitrogens is 2. The second kappa shape index (κ2) is 5.34. The van der Waals surface area contributed by atoms with E-state index in [2.05, 4.69) is 4.98 Å². The molecule has 1 aromatic carbocycles. The van der Waals surface area contributed by atoms with Crippen LogP contribution in [-0.2, 0) is 0 Å². The van der Waals surface area contributed by atoms with Crippen molar-refractivity contribution in [2.45, 2.75) is 19.4 Å². The lowest BCUT2D eigenvalue weighted by atomic mass is 10.0. The van der Waals surface area contributed by atoms with Crippen LogP contribution >= 0.6 is 0 Å². The molecular weight excluding hydrogens is 238 g/mol. The molecule has 94 valence electrons. The highest BCUT2D eigenvalue weighted by Crippen LogP contribution is 2.24. The minimum atomic E-state index is -0.115. The van der Waals surface area contributed by atoms with Crippen LogP contribution < -0.4 is 5.73 Å². The molecule has 0 aliphatic heterocycles. The van der Waals surface area contributed by atoms with Gasteiger partial charge in [-0.2, -0.15) is 10.5 Å². The Kier molecular flexibility index (Phi) is 3.61. The quantitative estimate of drug-likeness (QED) is 0.903. The van der Waals surface area contributed by atoms with Crippen molar-refractivity contribution < 1.29 is 0 Å². The SMILES string of the molecule is CC[C@H](N)c1ccccc1-n1cnc(C#N)c1C#N. The van der Waals surface area contributed by atoms with Gasteiger partial charge in [-0.05, 0) is 18.1 Å². The van der Waals surface area contributed by atoms with E-state index in [0.29, 0.717) is 0 Å². The van der Waals surface area contributed by atoms with Gasteiger partial charge in [-0.1, -0.05) is 25.1 Å². The summed E-state index contributed by atoms with van der Waals surface area (Å²) < 4.78 is 1.61. The highest BCUT2D eigenvalue weighted by molar-refractivity contribution is 5.49. The van der Waals surface area contributed by atoms with Gasteiger partial charge in [-0.3, -0.25) is 4.57 Å². The summed E-state index contributed by atoms with van der Waals surface area (Å²) >= 11 is 0. The molecule has 5 heteroatoms. The van der Waals surface area contributed by atoms with E-state index in [1.54, 1.807) is 4.57 Å². The number of nitrogens with two attached hydrogens (primary N) is 1. The summed E-state index contributed by atoms with van der Waals surface area (Å²) in [6.07, 6.45) is 2.27. The smallest absolute Gasteiger partial charge is 0.177 e. The Balaban J connectivity index is 2.64. The Bertz CT molecular complexity index is 672. The molecule has 0 aliphatic rings. The summed E-state index contributed by atoms with van der Waals surface area (Å²) in [7, 11) is 0. The standard InChI is InChI=1S/C14H13N5/c1-2-11(17)10-5-3-4-6-13(10)19-9-18-12(7-15)14(19)8-16/h3-6,9,11H,2,17H2,1H3/t11-/m0/s1. The zero-order valence-electron chi connectivity index (χ0n) is 10.5. The Morgan fingerprint density at radius 3 is 2.68 bits per heavy atom. The molecule has 0 radical (unpaired) electrons. The molecule has 2 N–H and O–H groups in total. The number of hydrogen-bond acceptors (Lipinski definition) is 4. The summed E-state index contributed by atoms with van der Waals surface area (Å²) in [5.74, 6) is 0. The largest absolute Gasteiger partial charge is 0.324 e. The minimum absolute atomic E-state index is 0.115. The van der Waals surface area contributed by atoms with Crippen molar-refractivity contribution >= 4 is 0 Å². The van der Waals surface area contributed by atoms with E-state index in [4.69, 9.17) is 11.0 Å². The van der Waals surface area contributed by atoms with E-state index in [1.165, 1.54) is 6.33 Å². The van der Waals surface area contributed by atoms with Gasteiger partial charge in [0.25, 0.3) is 0 Å². The number of benzene rings is 1. The van der Waals surface area contributed by atoms with Crippen LogP contribution in [-0.4, -0.2) is 9.55 Å². The average Bonchev–Trinajstić information content (AvgIpc) is 2.89. The highest BCUT2D eigenvalue weighted by atomic mass is 15.1. The van der Waals surface area contributed by atoms with Crippen LogP contribution in [0.25, 0.3) is 5.69 Å². The summed E-state index contributed by atoms with van der Waals surface area (Å²) in [6.45, 7) is 2.00. The number of hydrogen-bond donors (Lipinski definition) is 1. The lowest BCUT2D eigenvalue weighted by Crippen LogP contribution is -2.12. The van der Waals surface area contributed by atoms with Gasteiger partial charge in [-0.25, -0.2) is 4.98 Å². The summed E-state index contributed by atoms with van der Waals surface area (Å²) in [5.41, 5.74) is 8.17. The van der Waals surface area contributed by atoms with E-state index in [-0.39, 0.29) is 17.4 Å². The van der Waals surface area contributed by atoms with Crippen molar-refractivity contribution in [3.05, 3.63) is 47.5 Å². The molecular formula is C14H13N5. The first-order valence-corrected chi connectivity index (χ1v) is 5.95. The van der Waals surface area contributed by atoms with Crippen molar-refractivity contribution in [3.8, 4) is 17.8 Å². The third-order valence-corrected chi connectivity index (χ3v) is 3.01. The van der Waals surface area contributed by atoms with Crippen LogP contribution in [0.2, 0.25) is 0 Å². The topological polar surface area (TPSA) is 91.4 Å². The fraction of sp³-hybridized carbons (Fsp3) is 0.214. The van der Waals surface area contributed by atoms with Gasteiger partial charge in [0.15, 0.2) is 11.4 Å². The maximum Gasteiger partial charge on any atom is 0.177 e. The Labute approximate surface area is 111 Å². The van der Waals surface area contributed by atoms with Crippen LogP contribution in [0, 0.1) is 22.7 Å². The molecule has 19 heavy (non-hydrogen) atoms. The van der Waals surface area contributed by atoms with Crippen LogP contribution in [0.15, 0.2) is 30.6 Å². The molecule has 0 fully saturated rings. The number of nitrogens with zero attached hydrogens (tertiary/aromatic N) is 4. The van der Waals surface area contributed by atoms with Crippen molar-refractivity contribution in [1.29, 1.82) is 10.5 Å². The van der Waals surface area contributed by atoms with Crippen molar-refractivity contribution in [2.24, 2.45) is 5.73 Å². The van der Waals surface area contributed by atoms with Gasteiger partial charge >= 0.3 is 0 Å². The van der Waals surface area contributed by atoms with Gasteiger partial charge in [0.1, 0.15) is 18.5 Å². The molecule has 1 aromatic heterocycles. The van der Waals surface area contributed by atoms with Crippen LogP contribution in [0.4, 0.5) is 0 Å². The average molecular weight is 251 g/mol. The predicted molar refractivity (Wildman–Crippen MR) is 70.2 cm³/mol. The fourth-order valence-corrected chi connectivity index (χ4v) is 1.96. The maximum absolute atomic E-state index is 9.17. The molecule has 2 rings (SSSR count). The molecule has 1 atom stereocenters. The van der Waals surface area contributed by atoms with Gasteiger partial charge in [0.2, 0.25) is 0 Å². The second-order valence-corrected chi connectivity index (χ2v) is 4.11. The molecule has 2 aromatic rings. The summed E-state index contributed by atoms with van der Waals surface area (Å²) in [4.78, 5) is 3.95. The molecule has 0 saturated heterocycles. The van der Waals surface area contributed by atoms with Gasteiger partial charge in [0, 0.05) is 6.04 Å². The minimum Gasteiger partial charge on any atom is -0.324 e. The van der Waals surface area contributed by atoms with Crippen LogP contribution in [0.3, 0.4) is 0 Å². The van der Waals surface area contributed by atoms with Crippen molar-refractivity contribution in [1.82, 2.24) is 9.55 Å². The van der Waals surface area contributed by atoms with E-state index in [1.807, 2.05) is 43.3 Å². The number of nitriles is 2. The first-order valence-electron chi connectivity index (χ1n) is 5.95. The van der Waals surface area contributed by atoms with Gasteiger partial charge < -0.3 is 5.73 Å². The lowest BCUT2D eigenvalue weighted by molar-refractivity contribution is 0.692. The lowest BCUT2D eigenvalue weighted by Gasteiger charge is -2.15. The van der Waals surface area contributed by atoms with Crippen LogP contribution in [0.1, 0.15) is 36.3 Å². The number of imidazole rings is 1. The number of rotatable bonds is 3. The Morgan fingerprint density at radius 1 is 1.32 bits per heavy atom. The first-order chi connectivity index (χ1) is 9.22. The number of para-hydroxylation sites is 1. The molecule has 5 nitrogen and oxygen atoms in total. The van der Waals surface area contributed by atoms with Crippen LogP contribution in [0.5, 0.6) is 0 Å².